The average Bonchev–Trinajstić information content (AvgIpc) is 2.96. The van der Waals surface area contributed by atoms with Crippen molar-refractivity contribution in [3.63, 3.8) is 0 Å². The summed E-state index contributed by atoms with van der Waals surface area (Å²) in [6, 6.07) is 7.84. The van der Waals surface area contributed by atoms with Gasteiger partial charge in [0.25, 0.3) is 0 Å². The Balaban J connectivity index is 1.83. The summed E-state index contributed by atoms with van der Waals surface area (Å²) in [6.07, 6.45) is 3.09. The van der Waals surface area contributed by atoms with Crippen molar-refractivity contribution in [3.05, 3.63) is 51.9 Å². The number of rotatable bonds is 7. The smallest absolute Gasteiger partial charge is 0.214 e. The molecule has 1 aromatic carbocycles. The number of hydrogen-bond acceptors (Lipinski definition) is 5. The Labute approximate surface area is 185 Å². The SMILES string of the molecule is CCCCS(=O)(=O)N1CCCN(c2nc(C)nc(C)c2Cc2ccc(Cl)cc2)CC1. The van der Waals surface area contributed by atoms with Crippen molar-refractivity contribution >= 4 is 27.4 Å². The quantitative estimate of drug-likeness (QED) is 0.638. The largest absolute Gasteiger partial charge is 0.355 e. The van der Waals surface area contributed by atoms with Crippen LogP contribution in [-0.4, -0.2) is 54.6 Å². The molecule has 2 heterocycles. The fourth-order valence-electron chi connectivity index (χ4n) is 3.83. The molecule has 0 saturated carbocycles. The van der Waals surface area contributed by atoms with Crippen LogP contribution in [0.15, 0.2) is 24.3 Å². The van der Waals surface area contributed by atoms with Crippen LogP contribution in [-0.2, 0) is 16.4 Å². The van der Waals surface area contributed by atoms with Crippen molar-refractivity contribution in [1.29, 1.82) is 0 Å². The Morgan fingerprint density at radius 2 is 1.77 bits per heavy atom. The van der Waals surface area contributed by atoms with Crippen molar-refractivity contribution in [1.82, 2.24) is 14.3 Å². The molecule has 30 heavy (non-hydrogen) atoms. The van der Waals surface area contributed by atoms with Gasteiger partial charge in [-0.2, -0.15) is 0 Å². The minimum atomic E-state index is -3.19. The minimum Gasteiger partial charge on any atom is -0.355 e. The first-order chi connectivity index (χ1) is 14.3. The second kappa shape index (κ2) is 10.1. The van der Waals surface area contributed by atoms with Gasteiger partial charge in [-0.15, -0.1) is 0 Å². The first-order valence-corrected chi connectivity index (χ1v) is 12.6. The molecule has 1 fully saturated rings. The van der Waals surface area contributed by atoms with Gasteiger partial charge >= 0.3 is 0 Å². The van der Waals surface area contributed by atoms with Crippen molar-refractivity contribution in [2.45, 2.75) is 46.5 Å². The van der Waals surface area contributed by atoms with Gasteiger partial charge in [0.1, 0.15) is 11.6 Å². The summed E-state index contributed by atoms with van der Waals surface area (Å²) < 4.78 is 27.0. The molecule has 0 radical (unpaired) electrons. The second-order valence-electron chi connectivity index (χ2n) is 7.87. The molecule has 0 bridgehead atoms. The van der Waals surface area contributed by atoms with E-state index in [-0.39, 0.29) is 5.75 Å². The van der Waals surface area contributed by atoms with E-state index in [0.717, 1.165) is 47.8 Å². The average molecular weight is 451 g/mol. The third-order valence-corrected chi connectivity index (χ3v) is 7.71. The molecule has 0 aliphatic carbocycles. The van der Waals surface area contributed by atoms with E-state index in [1.54, 1.807) is 4.31 Å². The Morgan fingerprint density at radius 3 is 2.47 bits per heavy atom. The van der Waals surface area contributed by atoms with Crippen molar-refractivity contribution in [3.8, 4) is 0 Å². The highest BCUT2D eigenvalue weighted by atomic mass is 35.5. The normalized spacial score (nSPS) is 15.9. The number of nitrogens with zero attached hydrogens (tertiary/aromatic N) is 4. The molecule has 2 aromatic rings. The molecule has 0 N–H and O–H groups in total. The highest BCUT2D eigenvalue weighted by Crippen LogP contribution is 2.26. The van der Waals surface area contributed by atoms with Gasteiger partial charge in [-0.1, -0.05) is 37.1 Å². The van der Waals surface area contributed by atoms with Gasteiger partial charge in [-0.25, -0.2) is 22.7 Å². The van der Waals surface area contributed by atoms with Crippen molar-refractivity contribution < 1.29 is 8.42 Å². The molecular formula is C22H31ClN4O2S. The van der Waals surface area contributed by atoms with E-state index in [4.69, 9.17) is 16.6 Å². The number of aromatic nitrogens is 2. The Bertz CT molecular complexity index is 964. The lowest BCUT2D eigenvalue weighted by Gasteiger charge is -2.26. The van der Waals surface area contributed by atoms with Gasteiger partial charge in [0.05, 0.1) is 5.75 Å². The van der Waals surface area contributed by atoms with Gasteiger partial charge in [0, 0.05) is 48.9 Å². The van der Waals surface area contributed by atoms with Crippen LogP contribution in [0, 0.1) is 13.8 Å². The molecule has 0 unspecified atom stereocenters. The van der Waals surface area contributed by atoms with Crippen molar-refractivity contribution in [2.24, 2.45) is 0 Å². The van der Waals surface area contributed by atoms with Gasteiger partial charge in [-0.3, -0.25) is 0 Å². The van der Waals surface area contributed by atoms with E-state index in [2.05, 4.69) is 9.88 Å². The van der Waals surface area contributed by atoms with Gasteiger partial charge in [-0.05, 0) is 44.4 Å². The van der Waals surface area contributed by atoms with Crippen LogP contribution in [0.25, 0.3) is 0 Å². The topological polar surface area (TPSA) is 66.4 Å². The van der Waals surface area contributed by atoms with Crippen LogP contribution in [0.2, 0.25) is 5.02 Å². The maximum atomic E-state index is 12.7. The van der Waals surface area contributed by atoms with E-state index in [9.17, 15) is 8.42 Å². The highest BCUT2D eigenvalue weighted by molar-refractivity contribution is 7.89. The lowest BCUT2D eigenvalue weighted by Crippen LogP contribution is -2.37. The number of benzene rings is 1. The molecule has 1 saturated heterocycles. The molecular weight excluding hydrogens is 420 g/mol. The van der Waals surface area contributed by atoms with Crippen LogP contribution in [0.4, 0.5) is 5.82 Å². The molecule has 1 aliphatic heterocycles. The summed E-state index contributed by atoms with van der Waals surface area (Å²) in [5.41, 5.74) is 3.20. The molecule has 0 amide bonds. The summed E-state index contributed by atoms with van der Waals surface area (Å²) in [5.74, 6) is 1.89. The van der Waals surface area contributed by atoms with E-state index in [1.807, 2.05) is 45.0 Å². The van der Waals surface area contributed by atoms with E-state index >= 15 is 0 Å². The molecule has 3 rings (SSSR count). The molecule has 0 spiro atoms. The van der Waals surface area contributed by atoms with Gasteiger partial charge < -0.3 is 4.90 Å². The number of unbranched alkanes of at least 4 members (excludes halogenated alkanes) is 1. The van der Waals surface area contributed by atoms with E-state index in [0.29, 0.717) is 37.5 Å². The Hall–Kier alpha value is -1.70. The zero-order valence-corrected chi connectivity index (χ0v) is 19.6. The van der Waals surface area contributed by atoms with E-state index < -0.39 is 10.0 Å². The third kappa shape index (κ3) is 5.71. The summed E-state index contributed by atoms with van der Waals surface area (Å²) in [7, 11) is -3.19. The summed E-state index contributed by atoms with van der Waals surface area (Å²) in [4.78, 5) is 11.6. The lowest BCUT2D eigenvalue weighted by atomic mass is 10.0. The first-order valence-electron chi connectivity index (χ1n) is 10.6. The highest BCUT2D eigenvalue weighted by Gasteiger charge is 2.26. The number of hydrogen-bond donors (Lipinski definition) is 0. The van der Waals surface area contributed by atoms with Crippen LogP contribution in [0.3, 0.4) is 0 Å². The number of sulfonamides is 1. The second-order valence-corrected chi connectivity index (χ2v) is 10.4. The molecule has 6 nitrogen and oxygen atoms in total. The zero-order valence-electron chi connectivity index (χ0n) is 18.1. The Kier molecular flexibility index (Phi) is 7.71. The lowest BCUT2D eigenvalue weighted by molar-refractivity contribution is 0.432. The van der Waals surface area contributed by atoms with Crippen LogP contribution < -0.4 is 4.90 Å². The summed E-state index contributed by atoms with van der Waals surface area (Å²) in [5, 5.41) is 0.716. The van der Waals surface area contributed by atoms with Crippen LogP contribution in [0.1, 0.15) is 48.8 Å². The predicted molar refractivity (Wildman–Crippen MR) is 123 cm³/mol. The fourth-order valence-corrected chi connectivity index (χ4v) is 5.64. The molecule has 8 heteroatoms. The molecule has 1 aliphatic rings. The molecule has 0 atom stereocenters. The van der Waals surface area contributed by atoms with Crippen LogP contribution in [0.5, 0.6) is 0 Å². The zero-order chi connectivity index (χ0) is 21.7. The maximum absolute atomic E-state index is 12.7. The van der Waals surface area contributed by atoms with E-state index in [1.165, 1.54) is 0 Å². The maximum Gasteiger partial charge on any atom is 0.214 e. The fraction of sp³-hybridized carbons (Fsp3) is 0.545. The van der Waals surface area contributed by atoms with Gasteiger partial charge in [0.15, 0.2) is 0 Å². The predicted octanol–water partition coefficient (Wildman–Crippen LogP) is 3.98. The van der Waals surface area contributed by atoms with Gasteiger partial charge in [0.2, 0.25) is 10.0 Å². The van der Waals surface area contributed by atoms with Crippen LogP contribution >= 0.6 is 11.6 Å². The standard InChI is InChI=1S/C22H31ClN4O2S/c1-4-5-15-30(28,29)27-12-6-11-26(13-14-27)22-21(17(2)24-18(3)25-22)16-19-7-9-20(23)10-8-19/h7-10H,4-6,11-16H2,1-3H3. The molecule has 164 valence electrons. The minimum absolute atomic E-state index is 0.233. The number of aryl methyl sites for hydroxylation is 2. The number of anilines is 1. The summed E-state index contributed by atoms with van der Waals surface area (Å²) in [6.45, 7) is 8.41. The Morgan fingerprint density at radius 1 is 1.03 bits per heavy atom. The third-order valence-electron chi connectivity index (χ3n) is 5.50. The summed E-state index contributed by atoms with van der Waals surface area (Å²) >= 11 is 6.03. The monoisotopic (exact) mass is 450 g/mol. The first kappa shape index (κ1) is 23.0. The molecule has 1 aromatic heterocycles. The number of halogens is 1. The van der Waals surface area contributed by atoms with Crippen molar-refractivity contribution in [2.75, 3.05) is 36.8 Å².